The standard InChI is InChI=1S/C11H6BrClO4S/c12-9-7-2-4-16-10(7)8(5-18(13,14)15)6-1-3-17-11(6)9/h1-4H,5H2. The highest BCUT2D eigenvalue weighted by molar-refractivity contribution is 9.10. The maximum atomic E-state index is 11.3. The van der Waals surface area contributed by atoms with Crippen molar-refractivity contribution in [2.24, 2.45) is 0 Å². The summed E-state index contributed by atoms with van der Waals surface area (Å²) in [4.78, 5) is 0. The summed E-state index contributed by atoms with van der Waals surface area (Å²) in [6.07, 6.45) is 3.00. The van der Waals surface area contributed by atoms with E-state index in [0.29, 0.717) is 22.1 Å². The zero-order valence-electron chi connectivity index (χ0n) is 8.81. The van der Waals surface area contributed by atoms with Crippen molar-refractivity contribution in [2.75, 3.05) is 0 Å². The molecule has 0 fully saturated rings. The predicted octanol–water partition coefficient (Wildman–Crippen LogP) is 4.01. The first-order valence-electron chi connectivity index (χ1n) is 4.94. The molecule has 0 N–H and O–H groups in total. The Labute approximate surface area is 115 Å². The average Bonchev–Trinajstić information content (AvgIpc) is 2.91. The lowest BCUT2D eigenvalue weighted by molar-refractivity contribution is 0.602. The van der Waals surface area contributed by atoms with E-state index in [4.69, 9.17) is 19.5 Å². The van der Waals surface area contributed by atoms with E-state index in [1.165, 1.54) is 12.5 Å². The lowest BCUT2D eigenvalue weighted by Gasteiger charge is -2.04. The van der Waals surface area contributed by atoms with Gasteiger partial charge in [0.2, 0.25) is 9.05 Å². The van der Waals surface area contributed by atoms with Gasteiger partial charge in [-0.2, -0.15) is 0 Å². The molecule has 0 unspecified atom stereocenters. The molecule has 0 atom stereocenters. The highest BCUT2D eigenvalue weighted by atomic mass is 79.9. The van der Waals surface area contributed by atoms with Crippen molar-refractivity contribution in [1.29, 1.82) is 0 Å². The normalized spacial score (nSPS) is 12.6. The Balaban J connectivity index is 2.47. The van der Waals surface area contributed by atoms with Gasteiger partial charge in [-0.3, -0.25) is 0 Å². The lowest BCUT2D eigenvalue weighted by atomic mass is 10.1. The summed E-state index contributed by atoms with van der Waals surface area (Å²) >= 11 is 3.42. The minimum absolute atomic E-state index is 0.304. The zero-order chi connectivity index (χ0) is 12.9. The second-order valence-electron chi connectivity index (χ2n) is 3.80. The summed E-state index contributed by atoms with van der Waals surface area (Å²) in [5.41, 5.74) is 1.59. The first kappa shape index (κ1) is 12.1. The molecule has 0 aliphatic rings. The maximum absolute atomic E-state index is 11.3. The molecular formula is C11H6BrClO4S. The van der Waals surface area contributed by atoms with Crippen LogP contribution in [0, 0.1) is 0 Å². The SMILES string of the molecule is O=S(=O)(Cl)Cc1c2ccoc2c(Br)c2ccoc12. The van der Waals surface area contributed by atoms with Crippen molar-refractivity contribution in [3.05, 3.63) is 34.7 Å². The Morgan fingerprint density at radius 3 is 2.39 bits per heavy atom. The van der Waals surface area contributed by atoms with Crippen LogP contribution in [-0.2, 0) is 14.8 Å². The van der Waals surface area contributed by atoms with Crippen LogP contribution in [0.15, 0.2) is 38.0 Å². The zero-order valence-corrected chi connectivity index (χ0v) is 12.0. The van der Waals surface area contributed by atoms with Crippen LogP contribution in [0.2, 0.25) is 0 Å². The molecule has 2 aromatic heterocycles. The quantitative estimate of drug-likeness (QED) is 0.656. The fourth-order valence-electron chi connectivity index (χ4n) is 1.99. The van der Waals surface area contributed by atoms with E-state index in [1.807, 2.05) is 0 Å². The molecule has 3 rings (SSSR count). The van der Waals surface area contributed by atoms with Gasteiger partial charge >= 0.3 is 0 Å². The van der Waals surface area contributed by atoms with Gasteiger partial charge in [-0.1, -0.05) is 0 Å². The number of rotatable bonds is 2. The Hall–Kier alpha value is -0.980. The van der Waals surface area contributed by atoms with Crippen LogP contribution in [0.3, 0.4) is 0 Å². The van der Waals surface area contributed by atoms with Crippen molar-refractivity contribution in [3.8, 4) is 0 Å². The summed E-state index contributed by atoms with van der Waals surface area (Å²) in [5.74, 6) is -0.304. The number of hydrogen-bond acceptors (Lipinski definition) is 4. The minimum Gasteiger partial charge on any atom is -0.464 e. The molecule has 0 amide bonds. The van der Waals surface area contributed by atoms with Crippen LogP contribution in [0.4, 0.5) is 0 Å². The molecule has 0 aliphatic carbocycles. The third-order valence-corrected chi connectivity index (χ3v) is 4.43. The largest absolute Gasteiger partial charge is 0.464 e. The number of halogens is 2. The highest BCUT2D eigenvalue weighted by Crippen LogP contribution is 2.38. The Morgan fingerprint density at radius 2 is 1.72 bits per heavy atom. The van der Waals surface area contributed by atoms with E-state index in [0.717, 1.165) is 9.86 Å². The van der Waals surface area contributed by atoms with Crippen LogP contribution in [0.25, 0.3) is 21.9 Å². The molecule has 2 heterocycles. The molecule has 0 spiro atoms. The van der Waals surface area contributed by atoms with Crippen LogP contribution in [0.1, 0.15) is 5.56 Å². The molecule has 1 aromatic carbocycles. The monoisotopic (exact) mass is 348 g/mol. The molecule has 0 aliphatic heterocycles. The fraction of sp³-hybridized carbons (Fsp3) is 0.0909. The van der Waals surface area contributed by atoms with E-state index in [2.05, 4.69) is 15.9 Å². The molecule has 3 aromatic rings. The van der Waals surface area contributed by atoms with Crippen LogP contribution in [-0.4, -0.2) is 8.42 Å². The van der Waals surface area contributed by atoms with Crippen LogP contribution >= 0.6 is 26.6 Å². The first-order valence-corrected chi connectivity index (χ1v) is 8.21. The maximum Gasteiger partial charge on any atom is 0.236 e. The topological polar surface area (TPSA) is 60.4 Å². The molecule has 7 heteroatoms. The number of fused-ring (bicyclic) bond motifs is 2. The summed E-state index contributed by atoms with van der Waals surface area (Å²) in [7, 11) is 1.66. The first-order chi connectivity index (χ1) is 8.47. The summed E-state index contributed by atoms with van der Waals surface area (Å²) in [5, 5.41) is 1.43. The number of furan rings is 2. The number of benzene rings is 1. The smallest absolute Gasteiger partial charge is 0.236 e. The molecule has 4 nitrogen and oxygen atoms in total. The minimum atomic E-state index is -3.67. The van der Waals surface area contributed by atoms with Gasteiger partial charge < -0.3 is 8.83 Å². The molecular weight excluding hydrogens is 344 g/mol. The molecule has 0 saturated carbocycles. The molecule has 0 bridgehead atoms. The Kier molecular flexibility index (Phi) is 2.69. The van der Waals surface area contributed by atoms with E-state index in [1.54, 1.807) is 12.1 Å². The fourth-order valence-corrected chi connectivity index (χ4v) is 3.57. The molecule has 0 radical (unpaired) electrons. The Bertz CT molecular complexity index is 795. The summed E-state index contributed by atoms with van der Waals surface area (Å²) < 4.78 is 34.0. The van der Waals surface area contributed by atoms with Gasteiger partial charge in [-0.05, 0) is 28.1 Å². The summed E-state index contributed by atoms with van der Waals surface area (Å²) in [6, 6.07) is 3.44. The van der Waals surface area contributed by atoms with E-state index in [9.17, 15) is 8.42 Å². The van der Waals surface area contributed by atoms with Gasteiger partial charge in [0, 0.05) is 27.0 Å². The third-order valence-electron chi connectivity index (χ3n) is 2.68. The van der Waals surface area contributed by atoms with Gasteiger partial charge in [0.1, 0.15) is 11.2 Å². The predicted molar refractivity (Wildman–Crippen MR) is 72.2 cm³/mol. The average molecular weight is 350 g/mol. The summed E-state index contributed by atoms with van der Waals surface area (Å²) in [6.45, 7) is 0. The van der Waals surface area contributed by atoms with Gasteiger partial charge in [0.15, 0.2) is 0 Å². The van der Waals surface area contributed by atoms with Crippen molar-refractivity contribution in [3.63, 3.8) is 0 Å². The van der Waals surface area contributed by atoms with Gasteiger partial charge in [-0.25, -0.2) is 8.42 Å². The molecule has 0 saturated heterocycles. The second-order valence-corrected chi connectivity index (χ2v) is 7.37. The second kappa shape index (κ2) is 4.01. The van der Waals surface area contributed by atoms with Crippen molar-refractivity contribution in [2.45, 2.75) is 5.75 Å². The highest BCUT2D eigenvalue weighted by Gasteiger charge is 2.20. The lowest BCUT2D eigenvalue weighted by Crippen LogP contribution is -1.96. The third kappa shape index (κ3) is 1.84. The van der Waals surface area contributed by atoms with Gasteiger partial charge in [0.05, 0.1) is 22.8 Å². The van der Waals surface area contributed by atoms with Crippen LogP contribution < -0.4 is 0 Å². The van der Waals surface area contributed by atoms with Crippen molar-refractivity contribution in [1.82, 2.24) is 0 Å². The van der Waals surface area contributed by atoms with Gasteiger partial charge in [-0.15, -0.1) is 0 Å². The van der Waals surface area contributed by atoms with Crippen molar-refractivity contribution >= 4 is 57.6 Å². The van der Waals surface area contributed by atoms with Crippen molar-refractivity contribution < 1.29 is 17.3 Å². The van der Waals surface area contributed by atoms with E-state index in [-0.39, 0.29) is 5.75 Å². The van der Waals surface area contributed by atoms with E-state index < -0.39 is 9.05 Å². The Morgan fingerprint density at radius 1 is 1.11 bits per heavy atom. The van der Waals surface area contributed by atoms with E-state index >= 15 is 0 Å². The van der Waals surface area contributed by atoms with Crippen LogP contribution in [0.5, 0.6) is 0 Å². The molecule has 18 heavy (non-hydrogen) atoms. The van der Waals surface area contributed by atoms with Gasteiger partial charge in [0.25, 0.3) is 0 Å². The number of hydrogen-bond donors (Lipinski definition) is 0. The molecule has 94 valence electrons.